The minimum Gasteiger partial charge on any atom is -0.495 e. The van der Waals surface area contributed by atoms with Crippen LogP contribution in [0.1, 0.15) is 24.9 Å². The van der Waals surface area contributed by atoms with Gasteiger partial charge in [-0.2, -0.15) is 0 Å². The molecule has 1 unspecified atom stereocenters. The maximum Gasteiger partial charge on any atom is 0.142 e. The summed E-state index contributed by atoms with van der Waals surface area (Å²) in [6.07, 6.45) is 1.02. The highest BCUT2D eigenvalue weighted by molar-refractivity contribution is 5.66. The van der Waals surface area contributed by atoms with Crippen molar-refractivity contribution in [3.63, 3.8) is 0 Å². The van der Waals surface area contributed by atoms with E-state index in [1.54, 1.807) is 7.11 Å². The van der Waals surface area contributed by atoms with E-state index in [4.69, 9.17) is 10.5 Å². The van der Waals surface area contributed by atoms with Crippen LogP contribution in [0.2, 0.25) is 0 Å². The third-order valence-electron chi connectivity index (χ3n) is 3.06. The second kappa shape index (κ2) is 4.11. The Balaban J connectivity index is 2.51. The van der Waals surface area contributed by atoms with Crippen LogP contribution in [-0.4, -0.2) is 20.2 Å². The number of methoxy groups -OCH3 is 1. The van der Waals surface area contributed by atoms with Gasteiger partial charge in [0.05, 0.1) is 12.8 Å². The zero-order chi connectivity index (χ0) is 10.8. The molecule has 3 nitrogen and oxygen atoms in total. The quantitative estimate of drug-likeness (QED) is 0.803. The summed E-state index contributed by atoms with van der Waals surface area (Å²) >= 11 is 0. The van der Waals surface area contributed by atoms with Crippen LogP contribution in [0.15, 0.2) is 18.2 Å². The van der Waals surface area contributed by atoms with E-state index in [1.165, 1.54) is 11.3 Å². The SMILES string of the molecule is CCN1CCC(N)c2cccc(OC)c21. The van der Waals surface area contributed by atoms with Crippen molar-refractivity contribution in [3.8, 4) is 5.75 Å². The van der Waals surface area contributed by atoms with E-state index in [0.717, 1.165) is 25.3 Å². The van der Waals surface area contributed by atoms with E-state index in [2.05, 4.69) is 17.9 Å². The van der Waals surface area contributed by atoms with Gasteiger partial charge in [-0.3, -0.25) is 0 Å². The molecular formula is C12H18N2O. The van der Waals surface area contributed by atoms with Gasteiger partial charge in [0.1, 0.15) is 5.75 Å². The van der Waals surface area contributed by atoms with Crippen molar-refractivity contribution in [3.05, 3.63) is 23.8 Å². The van der Waals surface area contributed by atoms with Gasteiger partial charge in [0.25, 0.3) is 0 Å². The summed E-state index contributed by atoms with van der Waals surface area (Å²) in [6, 6.07) is 6.26. The summed E-state index contributed by atoms with van der Waals surface area (Å²) in [5.74, 6) is 0.935. The zero-order valence-corrected chi connectivity index (χ0v) is 9.36. The molecule has 2 N–H and O–H groups in total. The van der Waals surface area contributed by atoms with Crippen LogP contribution >= 0.6 is 0 Å². The molecule has 0 amide bonds. The number of nitrogens with two attached hydrogens (primary N) is 1. The van der Waals surface area contributed by atoms with Crippen molar-refractivity contribution in [1.29, 1.82) is 0 Å². The van der Waals surface area contributed by atoms with Crippen molar-refractivity contribution in [2.75, 3.05) is 25.1 Å². The molecule has 0 radical (unpaired) electrons. The van der Waals surface area contributed by atoms with Crippen LogP contribution < -0.4 is 15.4 Å². The van der Waals surface area contributed by atoms with Crippen molar-refractivity contribution in [2.24, 2.45) is 5.73 Å². The minimum absolute atomic E-state index is 0.151. The Kier molecular flexibility index (Phi) is 2.82. The fourth-order valence-corrected chi connectivity index (χ4v) is 2.22. The number of para-hydroxylation sites is 1. The molecule has 1 aliphatic rings. The van der Waals surface area contributed by atoms with Crippen molar-refractivity contribution >= 4 is 5.69 Å². The molecule has 1 atom stereocenters. The van der Waals surface area contributed by atoms with Crippen LogP contribution in [0, 0.1) is 0 Å². The monoisotopic (exact) mass is 206 g/mol. The van der Waals surface area contributed by atoms with Crippen LogP contribution in [0.4, 0.5) is 5.69 Å². The van der Waals surface area contributed by atoms with Gasteiger partial charge in [0, 0.05) is 19.1 Å². The third-order valence-corrected chi connectivity index (χ3v) is 3.06. The number of hydrogen-bond donors (Lipinski definition) is 1. The van der Waals surface area contributed by atoms with Crippen LogP contribution in [0.25, 0.3) is 0 Å². The Morgan fingerprint density at radius 1 is 1.53 bits per heavy atom. The first-order valence-electron chi connectivity index (χ1n) is 5.45. The maximum atomic E-state index is 6.10. The molecule has 15 heavy (non-hydrogen) atoms. The maximum absolute atomic E-state index is 6.10. The van der Waals surface area contributed by atoms with Gasteiger partial charge in [0.15, 0.2) is 0 Å². The van der Waals surface area contributed by atoms with E-state index >= 15 is 0 Å². The summed E-state index contributed by atoms with van der Waals surface area (Å²) in [6.45, 7) is 4.18. The molecule has 0 saturated heterocycles. The predicted molar refractivity (Wildman–Crippen MR) is 62.4 cm³/mol. The lowest BCUT2D eigenvalue weighted by Crippen LogP contribution is -2.33. The zero-order valence-electron chi connectivity index (χ0n) is 9.36. The lowest BCUT2D eigenvalue weighted by Gasteiger charge is -2.34. The van der Waals surface area contributed by atoms with Gasteiger partial charge in [-0.05, 0) is 25.0 Å². The molecule has 0 aromatic heterocycles. The van der Waals surface area contributed by atoms with Crippen molar-refractivity contribution in [1.82, 2.24) is 0 Å². The molecule has 0 spiro atoms. The second-order valence-electron chi connectivity index (χ2n) is 3.87. The predicted octanol–water partition coefficient (Wildman–Crippen LogP) is 1.92. The third kappa shape index (κ3) is 1.67. The average Bonchev–Trinajstić information content (AvgIpc) is 2.29. The first-order valence-corrected chi connectivity index (χ1v) is 5.45. The second-order valence-corrected chi connectivity index (χ2v) is 3.87. The first kappa shape index (κ1) is 10.3. The molecule has 1 heterocycles. The van der Waals surface area contributed by atoms with Gasteiger partial charge in [-0.1, -0.05) is 12.1 Å². The minimum atomic E-state index is 0.151. The van der Waals surface area contributed by atoms with Crippen molar-refractivity contribution in [2.45, 2.75) is 19.4 Å². The van der Waals surface area contributed by atoms with Crippen molar-refractivity contribution < 1.29 is 4.74 Å². The summed E-state index contributed by atoms with van der Waals surface area (Å²) in [5, 5.41) is 0. The van der Waals surface area contributed by atoms with E-state index in [1.807, 2.05) is 12.1 Å². The summed E-state index contributed by atoms with van der Waals surface area (Å²) < 4.78 is 5.40. The lowest BCUT2D eigenvalue weighted by molar-refractivity contribution is 0.411. The fraction of sp³-hybridized carbons (Fsp3) is 0.500. The van der Waals surface area contributed by atoms with E-state index in [0.29, 0.717) is 0 Å². The molecule has 1 aromatic carbocycles. The highest BCUT2D eigenvalue weighted by Crippen LogP contribution is 2.39. The lowest BCUT2D eigenvalue weighted by atomic mass is 9.96. The number of nitrogens with zero attached hydrogens (tertiary/aromatic N) is 1. The number of fused-ring (bicyclic) bond motifs is 1. The van der Waals surface area contributed by atoms with Gasteiger partial charge in [0.2, 0.25) is 0 Å². The fourth-order valence-electron chi connectivity index (χ4n) is 2.22. The Morgan fingerprint density at radius 2 is 2.33 bits per heavy atom. The molecule has 0 saturated carbocycles. The number of ether oxygens (including phenoxy) is 1. The number of hydrogen-bond acceptors (Lipinski definition) is 3. The van der Waals surface area contributed by atoms with Crippen LogP contribution in [-0.2, 0) is 0 Å². The molecular weight excluding hydrogens is 188 g/mol. The standard InChI is InChI=1S/C12H18N2O/c1-3-14-8-7-10(13)9-5-4-6-11(15-2)12(9)14/h4-6,10H,3,7-8,13H2,1-2H3. The number of anilines is 1. The molecule has 82 valence electrons. The van der Waals surface area contributed by atoms with E-state index in [9.17, 15) is 0 Å². The van der Waals surface area contributed by atoms with Crippen LogP contribution in [0.5, 0.6) is 5.75 Å². The normalized spacial score (nSPS) is 19.9. The topological polar surface area (TPSA) is 38.5 Å². The molecule has 1 aliphatic heterocycles. The average molecular weight is 206 g/mol. The smallest absolute Gasteiger partial charge is 0.142 e. The summed E-state index contributed by atoms with van der Waals surface area (Å²) in [4.78, 5) is 2.33. The molecule has 0 fully saturated rings. The number of benzene rings is 1. The highest BCUT2D eigenvalue weighted by atomic mass is 16.5. The summed E-state index contributed by atoms with van der Waals surface area (Å²) in [7, 11) is 1.71. The Bertz CT molecular complexity index is 351. The van der Waals surface area contributed by atoms with Gasteiger partial charge in [-0.15, -0.1) is 0 Å². The van der Waals surface area contributed by atoms with E-state index < -0.39 is 0 Å². The van der Waals surface area contributed by atoms with Gasteiger partial charge in [-0.25, -0.2) is 0 Å². The molecule has 0 aliphatic carbocycles. The summed E-state index contributed by atoms with van der Waals surface area (Å²) in [5.41, 5.74) is 8.50. The van der Waals surface area contributed by atoms with E-state index in [-0.39, 0.29) is 6.04 Å². The molecule has 2 rings (SSSR count). The number of rotatable bonds is 2. The van der Waals surface area contributed by atoms with Gasteiger partial charge < -0.3 is 15.4 Å². The highest BCUT2D eigenvalue weighted by Gasteiger charge is 2.24. The van der Waals surface area contributed by atoms with Gasteiger partial charge >= 0.3 is 0 Å². The largest absolute Gasteiger partial charge is 0.495 e. The van der Waals surface area contributed by atoms with Crippen LogP contribution in [0.3, 0.4) is 0 Å². The molecule has 0 bridgehead atoms. The Hall–Kier alpha value is -1.22. The molecule has 3 heteroatoms. The molecule has 1 aromatic rings. The Morgan fingerprint density at radius 3 is 3.00 bits per heavy atom. The first-order chi connectivity index (χ1) is 7.27. The Labute approximate surface area is 90.8 Å².